The molecule has 190 valence electrons. The summed E-state index contributed by atoms with van der Waals surface area (Å²) < 4.78 is 17.1. The van der Waals surface area contributed by atoms with Crippen molar-refractivity contribution in [2.24, 2.45) is 5.92 Å². The van der Waals surface area contributed by atoms with Crippen molar-refractivity contribution in [1.82, 2.24) is 5.32 Å². The van der Waals surface area contributed by atoms with Gasteiger partial charge in [0, 0.05) is 24.3 Å². The largest absolute Gasteiger partial charge is 0.490 e. The molecule has 0 radical (unpaired) electrons. The molecule has 1 aliphatic heterocycles. The third-order valence-electron chi connectivity index (χ3n) is 5.73. The molecule has 0 aromatic heterocycles. The zero-order valence-electron chi connectivity index (χ0n) is 20.8. The molecule has 0 atom stereocenters. The Kier molecular flexibility index (Phi) is 9.86. The number of rotatable bonds is 9. The van der Waals surface area contributed by atoms with E-state index in [9.17, 15) is 4.79 Å². The normalized spacial score (nSPS) is 13.8. The first kappa shape index (κ1) is 26.9. The third-order valence-corrected chi connectivity index (χ3v) is 6.24. The maximum absolute atomic E-state index is 13.0. The van der Waals surface area contributed by atoms with Crippen LogP contribution in [0.15, 0.2) is 30.3 Å². The number of nitrogens with zero attached hydrogens (tertiary/aromatic N) is 1. The summed E-state index contributed by atoms with van der Waals surface area (Å²) in [6, 6.07) is 8.97. The average Bonchev–Trinajstić information content (AvgIpc) is 2.82. The zero-order chi connectivity index (χ0) is 25.4. The van der Waals surface area contributed by atoms with Crippen LogP contribution >= 0.6 is 23.8 Å². The maximum Gasteiger partial charge on any atom is 0.257 e. The van der Waals surface area contributed by atoms with E-state index >= 15 is 0 Å². The lowest BCUT2D eigenvalue weighted by Gasteiger charge is -2.32. The first-order valence-corrected chi connectivity index (χ1v) is 12.9. The first-order chi connectivity index (χ1) is 16.9. The molecule has 35 heavy (non-hydrogen) atoms. The van der Waals surface area contributed by atoms with Gasteiger partial charge in [0.1, 0.15) is 0 Å². The second-order valence-corrected chi connectivity index (χ2v) is 9.16. The molecule has 1 fully saturated rings. The van der Waals surface area contributed by atoms with Gasteiger partial charge in [0.25, 0.3) is 5.91 Å². The van der Waals surface area contributed by atoms with E-state index < -0.39 is 5.91 Å². The van der Waals surface area contributed by atoms with Crippen molar-refractivity contribution in [3.8, 4) is 17.2 Å². The highest BCUT2D eigenvalue weighted by Crippen LogP contribution is 2.39. The molecule has 3 rings (SSSR count). The number of carbonyl (C=O) groups excluding carboxylic acids is 1. The number of ether oxygens (including phenoxy) is 3. The minimum atomic E-state index is -0.391. The molecule has 2 N–H and O–H groups in total. The van der Waals surface area contributed by atoms with Gasteiger partial charge in [-0.2, -0.15) is 0 Å². The minimum Gasteiger partial charge on any atom is -0.490 e. The Bertz CT molecular complexity index is 1010. The van der Waals surface area contributed by atoms with Crippen molar-refractivity contribution in [2.75, 3.05) is 43.1 Å². The van der Waals surface area contributed by atoms with Gasteiger partial charge in [-0.3, -0.25) is 10.1 Å². The van der Waals surface area contributed by atoms with Crippen LogP contribution in [0, 0.1) is 5.92 Å². The van der Waals surface area contributed by atoms with E-state index in [1.165, 1.54) is 0 Å². The Morgan fingerprint density at radius 2 is 1.63 bits per heavy atom. The second-order valence-electron chi connectivity index (χ2n) is 8.34. The Morgan fingerprint density at radius 3 is 2.17 bits per heavy atom. The zero-order valence-corrected chi connectivity index (χ0v) is 22.4. The van der Waals surface area contributed by atoms with Crippen molar-refractivity contribution in [3.63, 3.8) is 0 Å². The van der Waals surface area contributed by atoms with Crippen molar-refractivity contribution in [2.45, 2.75) is 40.5 Å². The summed E-state index contributed by atoms with van der Waals surface area (Å²) in [4.78, 5) is 15.3. The monoisotopic (exact) mass is 519 g/mol. The molecule has 2 aromatic rings. The predicted molar refractivity (Wildman–Crippen MR) is 146 cm³/mol. The molecular formula is C26H34ClN3O4S. The molecule has 7 nitrogen and oxygen atoms in total. The molecule has 9 heteroatoms. The van der Waals surface area contributed by atoms with Crippen LogP contribution in [-0.2, 0) is 0 Å². The standard InChI is InChI=1S/C26H34ClN3O4S/c1-5-32-22-14-18(15-23(33-6-2)24(22)34-7-3)25(31)29-26(35)28-19-8-9-21(20(27)16-19)30-12-10-17(4)11-13-30/h8-9,14-17H,5-7,10-13H2,1-4H3,(H2,28,29,31,35). The highest BCUT2D eigenvalue weighted by molar-refractivity contribution is 7.80. The van der Waals surface area contributed by atoms with Gasteiger partial charge >= 0.3 is 0 Å². The van der Waals surface area contributed by atoms with E-state index in [1.807, 2.05) is 39.0 Å². The fourth-order valence-electron chi connectivity index (χ4n) is 3.95. The minimum absolute atomic E-state index is 0.162. The van der Waals surface area contributed by atoms with Crippen molar-refractivity contribution < 1.29 is 19.0 Å². The van der Waals surface area contributed by atoms with E-state index in [2.05, 4.69) is 22.5 Å². The summed E-state index contributed by atoms with van der Waals surface area (Å²) in [6.45, 7) is 11.2. The Hall–Kier alpha value is -2.71. The smallest absolute Gasteiger partial charge is 0.257 e. The predicted octanol–water partition coefficient (Wildman–Crippen LogP) is 5.90. The lowest BCUT2D eigenvalue weighted by atomic mass is 9.99. The molecular weight excluding hydrogens is 486 g/mol. The van der Waals surface area contributed by atoms with E-state index in [4.69, 9.17) is 38.0 Å². The summed E-state index contributed by atoms with van der Waals surface area (Å²) in [5, 5.41) is 6.56. The topological polar surface area (TPSA) is 72.1 Å². The van der Waals surface area contributed by atoms with Crippen LogP contribution in [0.5, 0.6) is 17.2 Å². The van der Waals surface area contributed by atoms with Crippen LogP contribution in [0.25, 0.3) is 0 Å². The van der Waals surface area contributed by atoms with Crippen molar-refractivity contribution in [3.05, 3.63) is 40.9 Å². The quantitative estimate of drug-likeness (QED) is 0.399. The third kappa shape index (κ3) is 7.15. The molecule has 1 aliphatic rings. The highest BCUT2D eigenvalue weighted by atomic mass is 35.5. The number of benzene rings is 2. The molecule has 2 aromatic carbocycles. The van der Waals surface area contributed by atoms with E-state index in [0.29, 0.717) is 53.3 Å². The van der Waals surface area contributed by atoms with Crippen LogP contribution in [-0.4, -0.2) is 43.9 Å². The summed E-state index contributed by atoms with van der Waals surface area (Å²) in [6.07, 6.45) is 2.32. The summed E-state index contributed by atoms with van der Waals surface area (Å²) in [5.74, 6) is 1.72. The van der Waals surface area contributed by atoms with E-state index in [-0.39, 0.29) is 5.11 Å². The molecule has 0 spiro atoms. The molecule has 1 amide bonds. The Labute approximate surface area is 218 Å². The number of anilines is 2. The average molecular weight is 520 g/mol. The SMILES string of the molecule is CCOc1cc(C(=O)NC(=S)Nc2ccc(N3CCC(C)CC3)c(Cl)c2)cc(OCC)c1OCC. The lowest BCUT2D eigenvalue weighted by molar-refractivity contribution is 0.0976. The second kappa shape index (κ2) is 12.8. The Balaban J connectivity index is 1.70. The van der Waals surface area contributed by atoms with Crippen LogP contribution in [0.2, 0.25) is 5.02 Å². The fraction of sp³-hybridized carbons (Fsp3) is 0.462. The van der Waals surface area contributed by atoms with Crippen molar-refractivity contribution in [1.29, 1.82) is 0 Å². The van der Waals surface area contributed by atoms with Gasteiger partial charge in [-0.1, -0.05) is 18.5 Å². The Morgan fingerprint density at radius 1 is 1.03 bits per heavy atom. The number of thiocarbonyl (C=S) groups is 1. The number of carbonyl (C=O) groups is 1. The molecule has 1 heterocycles. The van der Waals surface area contributed by atoms with Gasteiger partial charge in [-0.25, -0.2) is 0 Å². The van der Waals surface area contributed by atoms with E-state index in [0.717, 1.165) is 37.5 Å². The molecule has 0 aliphatic carbocycles. The van der Waals surface area contributed by atoms with Gasteiger partial charge in [0.05, 0.1) is 30.5 Å². The fourth-order valence-corrected chi connectivity index (χ4v) is 4.46. The number of halogens is 1. The number of nitrogens with one attached hydrogen (secondary N) is 2. The summed E-state index contributed by atoms with van der Waals surface area (Å²) >= 11 is 11.9. The number of hydrogen-bond donors (Lipinski definition) is 2. The van der Waals surface area contributed by atoms with Crippen LogP contribution in [0.1, 0.15) is 50.9 Å². The highest BCUT2D eigenvalue weighted by Gasteiger charge is 2.20. The maximum atomic E-state index is 13.0. The number of piperidine rings is 1. The van der Waals surface area contributed by atoms with Crippen LogP contribution in [0.4, 0.5) is 11.4 Å². The number of amides is 1. The molecule has 1 saturated heterocycles. The number of hydrogen-bond acceptors (Lipinski definition) is 6. The molecule has 0 saturated carbocycles. The van der Waals surface area contributed by atoms with E-state index in [1.54, 1.807) is 12.1 Å². The van der Waals surface area contributed by atoms with Crippen LogP contribution < -0.4 is 29.7 Å². The molecule has 0 unspecified atom stereocenters. The van der Waals surface area contributed by atoms with Gasteiger partial charge in [-0.05, 0) is 82.1 Å². The van der Waals surface area contributed by atoms with Gasteiger partial charge < -0.3 is 24.4 Å². The van der Waals surface area contributed by atoms with Crippen LogP contribution in [0.3, 0.4) is 0 Å². The van der Waals surface area contributed by atoms with Crippen molar-refractivity contribution >= 4 is 46.2 Å². The van der Waals surface area contributed by atoms with Gasteiger partial charge in [-0.15, -0.1) is 0 Å². The van der Waals surface area contributed by atoms with Gasteiger partial charge in [0.15, 0.2) is 16.6 Å². The van der Waals surface area contributed by atoms with Gasteiger partial charge in [0.2, 0.25) is 5.75 Å². The first-order valence-electron chi connectivity index (χ1n) is 12.1. The molecule has 0 bridgehead atoms. The summed E-state index contributed by atoms with van der Waals surface area (Å²) in [7, 11) is 0. The lowest BCUT2D eigenvalue weighted by Crippen LogP contribution is -2.34. The summed E-state index contributed by atoms with van der Waals surface area (Å²) in [5.41, 5.74) is 2.06.